The fourth-order valence-corrected chi connectivity index (χ4v) is 4.22. The summed E-state index contributed by atoms with van der Waals surface area (Å²) < 4.78 is 0. The zero-order valence-electron chi connectivity index (χ0n) is 16.4. The topological polar surface area (TPSA) is 74.2 Å². The molecule has 3 aromatic rings. The third kappa shape index (κ3) is 3.68. The maximum absolute atomic E-state index is 12.0. The lowest BCUT2D eigenvalue weighted by Crippen LogP contribution is -2.31. The van der Waals surface area contributed by atoms with Gasteiger partial charge in [0.15, 0.2) is 5.82 Å². The molecule has 2 aliphatic heterocycles. The molecule has 2 aliphatic rings. The zero-order chi connectivity index (χ0) is 20.5. The van der Waals surface area contributed by atoms with Gasteiger partial charge < -0.3 is 15.1 Å². The second-order valence-electron chi connectivity index (χ2n) is 7.51. The summed E-state index contributed by atoms with van der Waals surface area (Å²) in [5.41, 5.74) is 4.17. The van der Waals surface area contributed by atoms with E-state index >= 15 is 0 Å². The number of anilines is 4. The summed E-state index contributed by atoms with van der Waals surface area (Å²) in [7, 11) is 0. The quantitative estimate of drug-likeness (QED) is 0.688. The average Bonchev–Trinajstić information content (AvgIpc) is 3.21. The van der Waals surface area contributed by atoms with Crippen LogP contribution in [0.25, 0.3) is 0 Å². The van der Waals surface area contributed by atoms with Gasteiger partial charge in [0.25, 0.3) is 0 Å². The van der Waals surface area contributed by atoms with Crippen LogP contribution < -0.4 is 15.1 Å². The molecule has 1 fully saturated rings. The lowest BCUT2D eigenvalue weighted by atomic mass is 10.00. The summed E-state index contributed by atoms with van der Waals surface area (Å²) in [4.78, 5) is 29.2. The second kappa shape index (κ2) is 7.91. The molecule has 30 heavy (non-hydrogen) atoms. The summed E-state index contributed by atoms with van der Waals surface area (Å²) in [5, 5.41) is 3.72. The first-order valence-electron chi connectivity index (χ1n) is 10.0. The first-order valence-corrected chi connectivity index (χ1v) is 10.4. The monoisotopic (exact) mass is 420 g/mol. The normalized spacial score (nSPS) is 16.0. The third-order valence-electron chi connectivity index (χ3n) is 5.52. The van der Waals surface area contributed by atoms with Crippen molar-refractivity contribution in [2.75, 3.05) is 28.2 Å². The zero-order valence-corrected chi connectivity index (χ0v) is 17.1. The summed E-state index contributed by atoms with van der Waals surface area (Å²) in [6, 6.07) is 10.3. The van der Waals surface area contributed by atoms with Crippen LogP contribution in [0.1, 0.15) is 24.0 Å². The summed E-state index contributed by atoms with van der Waals surface area (Å²) in [6.07, 6.45) is 7.43. The highest BCUT2D eigenvalue weighted by Gasteiger charge is 2.23. The molecule has 1 N–H and O–H groups in total. The summed E-state index contributed by atoms with van der Waals surface area (Å²) in [6.45, 7) is 2.34. The Kier molecular flexibility index (Phi) is 4.96. The Morgan fingerprint density at radius 1 is 1.03 bits per heavy atom. The van der Waals surface area contributed by atoms with Crippen molar-refractivity contribution in [2.45, 2.75) is 25.8 Å². The fourth-order valence-electron chi connectivity index (χ4n) is 4.01. The van der Waals surface area contributed by atoms with Crippen LogP contribution in [0.4, 0.5) is 23.1 Å². The number of rotatable bonds is 4. The Balaban J connectivity index is 1.38. The predicted molar refractivity (Wildman–Crippen MR) is 117 cm³/mol. The van der Waals surface area contributed by atoms with E-state index in [9.17, 15) is 4.79 Å². The Morgan fingerprint density at radius 3 is 2.73 bits per heavy atom. The maximum atomic E-state index is 12.0. The van der Waals surface area contributed by atoms with E-state index in [0.29, 0.717) is 23.2 Å². The van der Waals surface area contributed by atoms with Crippen molar-refractivity contribution in [2.24, 2.45) is 0 Å². The Morgan fingerprint density at radius 2 is 1.90 bits per heavy atom. The van der Waals surface area contributed by atoms with Crippen LogP contribution in [0.3, 0.4) is 0 Å². The van der Waals surface area contributed by atoms with Crippen LogP contribution in [0.15, 0.2) is 48.9 Å². The van der Waals surface area contributed by atoms with Crippen molar-refractivity contribution < 1.29 is 4.79 Å². The van der Waals surface area contributed by atoms with Gasteiger partial charge in [0, 0.05) is 26.1 Å². The maximum Gasteiger partial charge on any atom is 0.229 e. The molecule has 4 heterocycles. The van der Waals surface area contributed by atoms with Crippen molar-refractivity contribution >= 4 is 40.6 Å². The van der Waals surface area contributed by atoms with Crippen LogP contribution in [0.5, 0.6) is 0 Å². The molecule has 0 aliphatic carbocycles. The minimum absolute atomic E-state index is 0.129. The highest BCUT2D eigenvalue weighted by Crippen LogP contribution is 2.30. The number of hydrogen-bond donors (Lipinski definition) is 1. The molecule has 0 unspecified atom stereocenters. The van der Waals surface area contributed by atoms with Crippen molar-refractivity contribution in [3.63, 3.8) is 0 Å². The van der Waals surface area contributed by atoms with Crippen LogP contribution >= 0.6 is 11.6 Å². The largest absolute Gasteiger partial charge is 0.351 e. The van der Waals surface area contributed by atoms with E-state index in [2.05, 4.69) is 49.4 Å². The molecule has 1 saturated heterocycles. The molecular weight excluding hydrogens is 400 g/mol. The number of halogens is 1. The van der Waals surface area contributed by atoms with Crippen molar-refractivity contribution in [1.29, 1.82) is 0 Å². The molecule has 7 nitrogen and oxygen atoms in total. The molecule has 1 aromatic carbocycles. The van der Waals surface area contributed by atoms with E-state index in [-0.39, 0.29) is 5.91 Å². The number of aromatic nitrogens is 3. The second-order valence-corrected chi connectivity index (χ2v) is 7.92. The van der Waals surface area contributed by atoms with E-state index in [1.54, 1.807) is 23.5 Å². The van der Waals surface area contributed by atoms with Gasteiger partial charge in [-0.2, -0.15) is 4.98 Å². The number of hydrogen-bond acceptors (Lipinski definition) is 6. The molecular formula is C22H21ClN6O. The first kappa shape index (κ1) is 18.8. The van der Waals surface area contributed by atoms with Crippen molar-refractivity contribution in [3.05, 3.63) is 65.1 Å². The number of benzene rings is 1. The first-order chi connectivity index (χ1) is 14.7. The predicted octanol–water partition coefficient (Wildman–Crippen LogP) is 3.96. The standard InChI is InChI=1S/C22H21ClN6O/c23-19-13-25-22(26-17-10-18(12-24-11-17)29-8-3-6-20(29)30)27-21(19)28-9-7-15-4-1-2-5-16(15)14-28/h1-2,4-5,10-13H,3,6-9,14H2,(H,25,26,27). The minimum atomic E-state index is 0.129. The number of nitrogens with one attached hydrogen (secondary N) is 1. The number of amides is 1. The molecule has 5 rings (SSSR count). The molecule has 0 spiro atoms. The highest BCUT2D eigenvalue weighted by molar-refractivity contribution is 6.32. The smallest absolute Gasteiger partial charge is 0.229 e. The molecule has 1 amide bonds. The van der Waals surface area contributed by atoms with Gasteiger partial charge in [0.2, 0.25) is 11.9 Å². The number of nitrogens with zero attached hydrogens (tertiary/aromatic N) is 5. The summed E-state index contributed by atoms with van der Waals surface area (Å²) >= 11 is 6.44. The van der Waals surface area contributed by atoms with Gasteiger partial charge in [-0.3, -0.25) is 9.78 Å². The van der Waals surface area contributed by atoms with Crippen LogP contribution in [0.2, 0.25) is 5.02 Å². The highest BCUT2D eigenvalue weighted by atomic mass is 35.5. The molecule has 0 saturated carbocycles. The van der Waals surface area contributed by atoms with Crippen LogP contribution in [0, 0.1) is 0 Å². The van der Waals surface area contributed by atoms with Gasteiger partial charge in [-0.1, -0.05) is 35.9 Å². The van der Waals surface area contributed by atoms with Gasteiger partial charge >= 0.3 is 0 Å². The lowest BCUT2D eigenvalue weighted by Gasteiger charge is -2.30. The van der Waals surface area contributed by atoms with Crippen molar-refractivity contribution in [1.82, 2.24) is 15.0 Å². The summed E-state index contributed by atoms with van der Waals surface area (Å²) in [5.74, 6) is 1.28. The van der Waals surface area contributed by atoms with E-state index < -0.39 is 0 Å². The van der Waals surface area contributed by atoms with Gasteiger partial charge in [-0.15, -0.1) is 0 Å². The van der Waals surface area contributed by atoms with Gasteiger partial charge in [0.05, 0.1) is 30.0 Å². The van der Waals surface area contributed by atoms with Crippen LogP contribution in [-0.2, 0) is 17.8 Å². The van der Waals surface area contributed by atoms with E-state index in [1.807, 2.05) is 6.07 Å². The molecule has 0 atom stereocenters. The van der Waals surface area contributed by atoms with E-state index in [4.69, 9.17) is 11.6 Å². The number of pyridine rings is 1. The Bertz CT molecular complexity index is 1100. The third-order valence-corrected chi connectivity index (χ3v) is 5.79. The Hall–Kier alpha value is -3.19. The van der Waals surface area contributed by atoms with Crippen LogP contribution in [-0.4, -0.2) is 33.9 Å². The molecule has 2 aromatic heterocycles. The molecule has 0 bridgehead atoms. The number of fused-ring (bicyclic) bond motifs is 1. The SMILES string of the molecule is O=C1CCCN1c1cncc(Nc2ncc(Cl)c(N3CCc4ccccc4C3)n2)c1. The van der Waals surface area contributed by atoms with Gasteiger partial charge in [-0.05, 0) is 30.0 Å². The molecule has 152 valence electrons. The van der Waals surface area contributed by atoms with Gasteiger partial charge in [0.1, 0.15) is 5.02 Å². The fraction of sp³-hybridized carbons (Fsp3) is 0.273. The molecule has 8 heteroatoms. The average molecular weight is 421 g/mol. The van der Waals surface area contributed by atoms with E-state index in [1.165, 1.54) is 11.1 Å². The lowest BCUT2D eigenvalue weighted by molar-refractivity contribution is -0.117. The number of carbonyl (C=O) groups excluding carboxylic acids is 1. The number of carbonyl (C=O) groups is 1. The minimum Gasteiger partial charge on any atom is -0.351 e. The molecule has 0 radical (unpaired) electrons. The van der Waals surface area contributed by atoms with E-state index in [0.717, 1.165) is 43.9 Å². The van der Waals surface area contributed by atoms with Gasteiger partial charge in [-0.25, -0.2) is 4.98 Å². The Labute approximate surface area is 179 Å². The van der Waals surface area contributed by atoms with Crippen molar-refractivity contribution in [3.8, 4) is 0 Å².